The molecular weight excluding hydrogens is 587 g/mol. The van der Waals surface area contributed by atoms with Crippen molar-refractivity contribution in [1.29, 1.82) is 0 Å². The molecule has 0 aromatic carbocycles. The van der Waals surface area contributed by atoms with Gasteiger partial charge in [0.2, 0.25) is 0 Å². The third-order valence-electron chi connectivity index (χ3n) is 10.2. The van der Waals surface area contributed by atoms with Crippen LogP contribution in [0, 0.1) is 0 Å². The van der Waals surface area contributed by atoms with E-state index in [2.05, 4.69) is 63.8 Å². The molecule has 0 amide bonds. The predicted octanol–water partition coefficient (Wildman–Crippen LogP) is 14.6. The van der Waals surface area contributed by atoms with Crippen LogP contribution in [0.5, 0.6) is 0 Å². The van der Waals surface area contributed by atoms with Crippen LogP contribution in [0.25, 0.3) is 0 Å². The highest BCUT2D eigenvalue weighted by Gasteiger charge is 2.18. The van der Waals surface area contributed by atoms with Gasteiger partial charge in [0.15, 0.2) is 0 Å². The lowest BCUT2D eigenvalue weighted by atomic mass is 10.1. The molecule has 0 aromatic rings. The predicted molar refractivity (Wildman–Crippen MR) is 216 cm³/mol. The van der Waals surface area contributed by atoms with Gasteiger partial charge in [-0.05, 0) is 90.6 Å². The van der Waals surface area contributed by atoms with Crippen LogP contribution in [0.2, 0.25) is 0 Å². The second kappa shape index (κ2) is 40.8. The molecule has 286 valence electrons. The van der Waals surface area contributed by atoms with E-state index >= 15 is 0 Å². The molecule has 0 radical (unpaired) electrons. The fourth-order valence-electron chi connectivity index (χ4n) is 6.83. The Labute approximate surface area is 303 Å². The lowest BCUT2D eigenvalue weighted by Gasteiger charge is -2.30. The van der Waals surface area contributed by atoms with Gasteiger partial charge in [0, 0.05) is 19.3 Å². The van der Waals surface area contributed by atoms with Crippen LogP contribution in [-0.4, -0.2) is 50.0 Å². The maximum atomic E-state index is 6.44. The molecule has 0 spiro atoms. The summed E-state index contributed by atoms with van der Waals surface area (Å²) in [6.45, 7) is 16.2. The van der Waals surface area contributed by atoms with E-state index in [0.29, 0.717) is 6.04 Å². The van der Waals surface area contributed by atoms with E-state index < -0.39 is 0 Å². The maximum Gasteiger partial charge on any atom is 0.0823 e. The molecule has 48 heavy (non-hydrogen) atoms. The van der Waals surface area contributed by atoms with E-state index in [1.165, 1.54) is 180 Å². The fourth-order valence-corrected chi connectivity index (χ4v) is 6.83. The lowest BCUT2D eigenvalue weighted by molar-refractivity contribution is -0.0330. The van der Waals surface area contributed by atoms with Gasteiger partial charge in [0.05, 0.1) is 12.7 Å². The van der Waals surface area contributed by atoms with Crippen molar-refractivity contribution in [3.8, 4) is 0 Å². The van der Waals surface area contributed by atoms with Crippen LogP contribution in [-0.2, 0) is 9.47 Å². The first-order valence-corrected chi connectivity index (χ1v) is 21.9. The highest BCUT2D eigenvalue weighted by atomic mass is 16.5. The minimum absolute atomic E-state index is 0.220. The zero-order valence-electron chi connectivity index (χ0n) is 33.8. The van der Waals surface area contributed by atoms with Crippen molar-refractivity contribution in [2.45, 2.75) is 233 Å². The van der Waals surface area contributed by atoms with E-state index in [0.717, 1.165) is 39.3 Å². The lowest BCUT2D eigenvalue weighted by Crippen LogP contribution is -2.37. The molecule has 0 aliphatic carbocycles. The Kier molecular flexibility index (Phi) is 40.2. The van der Waals surface area contributed by atoms with E-state index in [1.807, 2.05) is 0 Å². The number of ether oxygens (including phenoxy) is 2. The smallest absolute Gasteiger partial charge is 0.0823 e. The first kappa shape index (κ1) is 47.4. The molecule has 0 aliphatic heterocycles. The molecule has 3 nitrogen and oxygen atoms in total. The molecule has 0 fully saturated rings. The molecule has 0 aromatic heterocycles. The monoisotopic (exact) mass is 676 g/mol. The topological polar surface area (TPSA) is 21.7 Å². The Morgan fingerprint density at radius 3 is 1.19 bits per heavy atom. The number of unbranched alkanes of at least 4 members (excludes halogenated alkanes) is 24. The molecule has 0 N–H and O–H groups in total. The third kappa shape index (κ3) is 35.2. The average molecular weight is 676 g/mol. The van der Waals surface area contributed by atoms with Gasteiger partial charge >= 0.3 is 0 Å². The normalized spacial score (nSPS) is 13.5. The van der Waals surface area contributed by atoms with Crippen LogP contribution in [0.4, 0.5) is 0 Å². The van der Waals surface area contributed by atoms with E-state index in [9.17, 15) is 0 Å². The fraction of sp³-hybridized carbons (Fsp3) is 0.911. The largest absolute Gasteiger partial charge is 0.379 e. The summed E-state index contributed by atoms with van der Waals surface area (Å²) in [4.78, 5) is 2.55. The minimum atomic E-state index is 0.220. The van der Waals surface area contributed by atoms with E-state index in [1.54, 1.807) is 0 Å². The summed E-state index contributed by atoms with van der Waals surface area (Å²) in [6.07, 6.45) is 48.7. The van der Waals surface area contributed by atoms with Crippen molar-refractivity contribution < 1.29 is 9.47 Å². The molecule has 3 heteroatoms. The summed E-state index contributed by atoms with van der Waals surface area (Å²) in [5.41, 5.74) is 0. The van der Waals surface area contributed by atoms with Gasteiger partial charge in [-0.2, -0.15) is 0 Å². The summed E-state index contributed by atoms with van der Waals surface area (Å²) < 4.78 is 12.6. The number of allylic oxidation sites excluding steroid dienone is 4. The molecule has 0 rings (SSSR count). The molecular formula is C45H89NO2. The van der Waals surface area contributed by atoms with Crippen molar-refractivity contribution in [2.75, 3.05) is 32.9 Å². The van der Waals surface area contributed by atoms with Gasteiger partial charge in [-0.15, -0.1) is 0 Å². The summed E-state index contributed by atoms with van der Waals surface area (Å²) in [5.74, 6) is 0. The first-order chi connectivity index (χ1) is 23.7. The standard InChI is InChI=1S/C45H89NO2/c1-6-10-12-14-16-18-20-22-24-26-28-30-32-34-36-38-40-47-43-45(42-44(5)46(8-3)9-4)48-41-39-37-35-33-31-29-27-25-23-21-19-17-15-13-11-7-2/h22-25,44-45H,6-21,26-43H2,1-5H3. The first-order valence-electron chi connectivity index (χ1n) is 21.9. The maximum absolute atomic E-state index is 6.44. The van der Waals surface area contributed by atoms with Crippen molar-refractivity contribution in [3.05, 3.63) is 24.3 Å². The highest BCUT2D eigenvalue weighted by molar-refractivity contribution is 4.82. The van der Waals surface area contributed by atoms with Crippen molar-refractivity contribution in [1.82, 2.24) is 4.90 Å². The van der Waals surface area contributed by atoms with Crippen LogP contribution in [0.15, 0.2) is 24.3 Å². The van der Waals surface area contributed by atoms with E-state index in [-0.39, 0.29) is 6.10 Å². The Balaban J connectivity index is 3.88. The minimum Gasteiger partial charge on any atom is -0.379 e. The second-order valence-electron chi connectivity index (χ2n) is 14.7. The number of hydrogen-bond acceptors (Lipinski definition) is 3. The average Bonchev–Trinajstić information content (AvgIpc) is 3.09. The number of rotatable bonds is 40. The number of nitrogens with zero attached hydrogens (tertiary/aromatic N) is 1. The molecule has 0 bridgehead atoms. The Bertz CT molecular complexity index is 643. The summed E-state index contributed by atoms with van der Waals surface area (Å²) in [5, 5.41) is 0. The molecule has 0 saturated heterocycles. The molecule has 0 saturated carbocycles. The van der Waals surface area contributed by atoms with Gasteiger partial charge in [-0.3, -0.25) is 0 Å². The van der Waals surface area contributed by atoms with E-state index in [4.69, 9.17) is 9.47 Å². The van der Waals surface area contributed by atoms with Gasteiger partial charge < -0.3 is 14.4 Å². The van der Waals surface area contributed by atoms with Crippen LogP contribution >= 0.6 is 0 Å². The highest BCUT2D eigenvalue weighted by Crippen LogP contribution is 2.15. The summed E-state index contributed by atoms with van der Waals surface area (Å²) >= 11 is 0. The Hall–Kier alpha value is -0.640. The van der Waals surface area contributed by atoms with Crippen LogP contribution in [0.3, 0.4) is 0 Å². The van der Waals surface area contributed by atoms with Crippen molar-refractivity contribution >= 4 is 0 Å². The van der Waals surface area contributed by atoms with Crippen molar-refractivity contribution in [3.63, 3.8) is 0 Å². The molecule has 0 heterocycles. The number of hydrogen-bond donors (Lipinski definition) is 0. The van der Waals surface area contributed by atoms with Crippen LogP contribution in [0.1, 0.15) is 221 Å². The summed E-state index contributed by atoms with van der Waals surface area (Å²) in [6, 6.07) is 0.541. The van der Waals surface area contributed by atoms with Gasteiger partial charge in [-0.25, -0.2) is 0 Å². The third-order valence-corrected chi connectivity index (χ3v) is 10.2. The Morgan fingerprint density at radius 2 is 0.792 bits per heavy atom. The van der Waals surface area contributed by atoms with Gasteiger partial charge in [0.25, 0.3) is 0 Å². The van der Waals surface area contributed by atoms with Gasteiger partial charge in [0.1, 0.15) is 0 Å². The quantitative estimate of drug-likeness (QED) is 0.0476. The zero-order valence-corrected chi connectivity index (χ0v) is 33.8. The van der Waals surface area contributed by atoms with Crippen molar-refractivity contribution in [2.24, 2.45) is 0 Å². The molecule has 0 aliphatic rings. The molecule has 2 unspecified atom stereocenters. The second-order valence-corrected chi connectivity index (χ2v) is 14.7. The molecule has 2 atom stereocenters. The zero-order chi connectivity index (χ0) is 35.0. The van der Waals surface area contributed by atoms with Crippen LogP contribution < -0.4 is 0 Å². The summed E-state index contributed by atoms with van der Waals surface area (Å²) in [7, 11) is 0. The SMILES string of the molecule is CCCCCCCCC=CCCCCCCCCOCC(CC(C)N(CC)CC)OCCCCCCCCC=CCCCCCCCC. The Morgan fingerprint density at radius 1 is 0.438 bits per heavy atom. The van der Waals surface area contributed by atoms with Gasteiger partial charge in [-0.1, -0.05) is 168 Å².